The van der Waals surface area contributed by atoms with Crippen LogP contribution in [0, 0.1) is 0 Å². The zero-order valence-corrected chi connectivity index (χ0v) is 20.2. The van der Waals surface area contributed by atoms with Crippen LogP contribution in [0.4, 0.5) is 0 Å². The summed E-state index contributed by atoms with van der Waals surface area (Å²) in [7, 11) is 3.25. The Morgan fingerprint density at radius 2 is 0.917 bits per heavy atom. The molecule has 6 nitrogen and oxygen atoms in total. The number of hydrogen-bond donors (Lipinski definition) is 2. The van der Waals surface area contributed by atoms with Gasteiger partial charge in [-0.3, -0.25) is 9.98 Å². The molecule has 0 aliphatic carbocycles. The molecule has 0 spiro atoms. The molecule has 4 aromatic rings. The highest BCUT2D eigenvalue weighted by Gasteiger charge is 2.24. The number of aromatic hydroxyl groups is 2. The number of phenols is 2. The predicted octanol–water partition coefficient (Wildman–Crippen LogP) is 6.14. The van der Waals surface area contributed by atoms with Crippen molar-refractivity contribution < 1.29 is 19.7 Å². The van der Waals surface area contributed by atoms with Crippen LogP contribution >= 0.6 is 0 Å². The fourth-order valence-corrected chi connectivity index (χ4v) is 3.82. The van der Waals surface area contributed by atoms with Gasteiger partial charge in [0.1, 0.15) is 35.1 Å². The quantitative estimate of drug-likeness (QED) is 0.282. The number of rotatable bonds is 9. The molecule has 36 heavy (non-hydrogen) atoms. The maximum atomic E-state index is 10.3. The van der Waals surface area contributed by atoms with E-state index >= 15 is 0 Å². The van der Waals surface area contributed by atoms with E-state index in [0.29, 0.717) is 11.1 Å². The second-order valence-electron chi connectivity index (χ2n) is 8.11. The molecular formula is C30H28N2O4. The Bertz CT molecular complexity index is 1230. The molecule has 2 atom stereocenters. The summed E-state index contributed by atoms with van der Waals surface area (Å²) in [6.07, 6.45) is 3.33. The zero-order valence-electron chi connectivity index (χ0n) is 20.2. The first-order valence-electron chi connectivity index (χ1n) is 11.5. The minimum Gasteiger partial charge on any atom is -0.507 e. The molecule has 0 fully saturated rings. The molecule has 4 rings (SSSR count). The van der Waals surface area contributed by atoms with Crippen molar-refractivity contribution >= 4 is 12.4 Å². The maximum Gasteiger partial charge on any atom is 0.124 e. The SMILES string of the molecule is COc1ccc([C@@H](N=Cc2ccccc2O)[C@@H](N=Cc2ccccc2O)c2ccc(OC)cc2)cc1. The van der Waals surface area contributed by atoms with Crippen molar-refractivity contribution in [3.05, 3.63) is 119 Å². The Morgan fingerprint density at radius 1 is 0.556 bits per heavy atom. The Labute approximate surface area is 210 Å². The Balaban J connectivity index is 1.82. The fourth-order valence-electron chi connectivity index (χ4n) is 3.82. The van der Waals surface area contributed by atoms with E-state index in [1.807, 2.05) is 60.7 Å². The van der Waals surface area contributed by atoms with Crippen molar-refractivity contribution in [3.8, 4) is 23.0 Å². The lowest BCUT2D eigenvalue weighted by Crippen LogP contribution is -2.09. The molecule has 0 aliphatic heterocycles. The zero-order chi connectivity index (χ0) is 25.3. The summed E-state index contributed by atoms with van der Waals surface area (Å²) >= 11 is 0. The van der Waals surface area contributed by atoms with E-state index in [4.69, 9.17) is 19.5 Å². The van der Waals surface area contributed by atoms with E-state index in [1.165, 1.54) is 0 Å². The lowest BCUT2D eigenvalue weighted by atomic mass is 9.93. The summed E-state index contributed by atoms with van der Waals surface area (Å²) in [5, 5.41) is 20.6. The second kappa shape index (κ2) is 11.7. The molecular weight excluding hydrogens is 452 g/mol. The van der Waals surface area contributed by atoms with E-state index in [1.54, 1.807) is 63.0 Å². The number of para-hydroxylation sites is 2. The lowest BCUT2D eigenvalue weighted by Gasteiger charge is -2.22. The van der Waals surface area contributed by atoms with E-state index < -0.39 is 12.1 Å². The Morgan fingerprint density at radius 3 is 1.25 bits per heavy atom. The van der Waals surface area contributed by atoms with Crippen LogP contribution < -0.4 is 9.47 Å². The van der Waals surface area contributed by atoms with Crippen molar-refractivity contribution in [2.75, 3.05) is 14.2 Å². The fraction of sp³-hybridized carbons (Fsp3) is 0.133. The molecule has 0 aromatic heterocycles. The van der Waals surface area contributed by atoms with Crippen LogP contribution in [0.25, 0.3) is 0 Å². The Hall–Kier alpha value is -4.58. The largest absolute Gasteiger partial charge is 0.507 e. The predicted molar refractivity (Wildman–Crippen MR) is 143 cm³/mol. The van der Waals surface area contributed by atoms with Gasteiger partial charge >= 0.3 is 0 Å². The molecule has 0 amide bonds. The third-order valence-electron chi connectivity index (χ3n) is 5.84. The molecule has 6 heteroatoms. The van der Waals surface area contributed by atoms with Crippen LogP contribution in [0.2, 0.25) is 0 Å². The summed E-state index contributed by atoms with van der Waals surface area (Å²) in [4.78, 5) is 9.80. The van der Waals surface area contributed by atoms with Gasteiger partial charge in [0.05, 0.1) is 14.2 Å². The van der Waals surface area contributed by atoms with Gasteiger partial charge in [-0.05, 0) is 59.7 Å². The third kappa shape index (κ3) is 5.91. The van der Waals surface area contributed by atoms with Crippen molar-refractivity contribution in [1.82, 2.24) is 0 Å². The topological polar surface area (TPSA) is 83.6 Å². The number of hydrogen-bond acceptors (Lipinski definition) is 6. The van der Waals surface area contributed by atoms with Crippen LogP contribution in [-0.2, 0) is 0 Å². The highest BCUT2D eigenvalue weighted by atomic mass is 16.5. The summed E-state index contributed by atoms with van der Waals surface area (Å²) in [5.41, 5.74) is 3.04. The molecule has 0 saturated heterocycles. The van der Waals surface area contributed by atoms with Crippen LogP contribution in [0.3, 0.4) is 0 Å². The molecule has 0 bridgehead atoms. The standard InChI is InChI=1S/C30H28N2O4/c1-35-25-15-11-21(12-16-25)29(31-19-23-7-3-5-9-27(23)33)30(22-13-17-26(36-2)18-14-22)32-20-24-8-4-6-10-28(24)34/h3-20,29-30,33-34H,1-2H3/t29-,30+. The number of methoxy groups -OCH3 is 2. The number of phenolic OH excluding ortho intramolecular Hbond substituents is 2. The number of aliphatic imine (C=N–C) groups is 2. The van der Waals surface area contributed by atoms with Crippen molar-refractivity contribution in [3.63, 3.8) is 0 Å². The van der Waals surface area contributed by atoms with Gasteiger partial charge in [0.15, 0.2) is 0 Å². The molecule has 0 unspecified atom stereocenters. The van der Waals surface area contributed by atoms with Gasteiger partial charge in [-0.2, -0.15) is 0 Å². The lowest BCUT2D eigenvalue weighted by molar-refractivity contribution is 0.414. The molecule has 2 N–H and O–H groups in total. The van der Waals surface area contributed by atoms with E-state index in [9.17, 15) is 10.2 Å². The average Bonchev–Trinajstić information content (AvgIpc) is 2.92. The Kier molecular flexibility index (Phi) is 7.98. The monoisotopic (exact) mass is 480 g/mol. The van der Waals surface area contributed by atoms with E-state index in [0.717, 1.165) is 22.6 Å². The van der Waals surface area contributed by atoms with Crippen LogP contribution in [0.5, 0.6) is 23.0 Å². The van der Waals surface area contributed by atoms with Gasteiger partial charge in [-0.15, -0.1) is 0 Å². The smallest absolute Gasteiger partial charge is 0.124 e. The maximum absolute atomic E-state index is 10.3. The number of ether oxygens (including phenoxy) is 2. The minimum absolute atomic E-state index is 0.147. The van der Waals surface area contributed by atoms with E-state index in [-0.39, 0.29) is 11.5 Å². The number of nitrogens with zero attached hydrogens (tertiary/aromatic N) is 2. The second-order valence-corrected chi connectivity index (χ2v) is 8.11. The first-order valence-corrected chi connectivity index (χ1v) is 11.5. The minimum atomic E-state index is -0.439. The summed E-state index contributed by atoms with van der Waals surface area (Å²) in [5.74, 6) is 1.77. The molecule has 4 aromatic carbocycles. The van der Waals surface area contributed by atoms with Crippen molar-refractivity contribution in [2.24, 2.45) is 9.98 Å². The van der Waals surface area contributed by atoms with Gasteiger partial charge in [0.25, 0.3) is 0 Å². The summed E-state index contributed by atoms with van der Waals surface area (Å²) in [6.45, 7) is 0. The van der Waals surface area contributed by atoms with Gasteiger partial charge in [-0.25, -0.2) is 0 Å². The normalized spacial score (nSPS) is 13.1. The van der Waals surface area contributed by atoms with Crippen molar-refractivity contribution in [1.29, 1.82) is 0 Å². The molecule has 0 radical (unpaired) electrons. The highest BCUT2D eigenvalue weighted by molar-refractivity contribution is 5.84. The van der Waals surface area contributed by atoms with Crippen LogP contribution in [-0.4, -0.2) is 36.9 Å². The molecule has 0 saturated carbocycles. The molecule has 182 valence electrons. The van der Waals surface area contributed by atoms with Gasteiger partial charge in [0.2, 0.25) is 0 Å². The summed E-state index contributed by atoms with van der Waals surface area (Å²) < 4.78 is 10.7. The van der Waals surface area contributed by atoms with Gasteiger partial charge in [-0.1, -0.05) is 48.5 Å². The molecule has 0 aliphatic rings. The number of benzene rings is 4. The van der Waals surface area contributed by atoms with Crippen molar-refractivity contribution in [2.45, 2.75) is 12.1 Å². The first kappa shape index (κ1) is 24.5. The van der Waals surface area contributed by atoms with Gasteiger partial charge in [0, 0.05) is 23.6 Å². The molecule has 0 heterocycles. The highest BCUT2D eigenvalue weighted by Crippen LogP contribution is 2.37. The third-order valence-corrected chi connectivity index (χ3v) is 5.84. The first-order chi connectivity index (χ1) is 17.6. The summed E-state index contributed by atoms with van der Waals surface area (Å²) in [6, 6.07) is 28.6. The van der Waals surface area contributed by atoms with E-state index in [2.05, 4.69) is 0 Å². The van der Waals surface area contributed by atoms with Crippen LogP contribution in [0.15, 0.2) is 107 Å². The average molecular weight is 481 g/mol. The van der Waals surface area contributed by atoms with Gasteiger partial charge < -0.3 is 19.7 Å². The van der Waals surface area contributed by atoms with Crippen LogP contribution in [0.1, 0.15) is 34.3 Å².